The Balaban J connectivity index is 1.14. The molecule has 3 N–H and O–H groups in total. The van der Waals surface area contributed by atoms with Crippen molar-refractivity contribution in [1.82, 2.24) is 4.57 Å². The van der Waals surface area contributed by atoms with Crippen molar-refractivity contribution in [2.45, 2.75) is 6.17 Å². The first kappa shape index (κ1) is 24.2. The third-order valence-electron chi connectivity index (χ3n) is 8.23. The first-order valence-corrected chi connectivity index (χ1v) is 14.2. The molecule has 4 heteroatoms. The van der Waals surface area contributed by atoms with Crippen molar-refractivity contribution in [2.75, 3.05) is 10.6 Å². The van der Waals surface area contributed by atoms with Crippen molar-refractivity contribution in [3.05, 3.63) is 151 Å². The van der Waals surface area contributed by atoms with Crippen LogP contribution in [0.3, 0.4) is 0 Å². The smallest absolute Gasteiger partial charge is 0.140 e. The molecule has 0 saturated heterocycles. The van der Waals surface area contributed by atoms with Gasteiger partial charge in [0, 0.05) is 33.3 Å². The summed E-state index contributed by atoms with van der Waals surface area (Å²) in [7, 11) is 0. The second kappa shape index (κ2) is 9.79. The zero-order valence-corrected chi connectivity index (χ0v) is 22.9. The number of hydrogen-bond donors (Lipinski definition) is 3. The van der Waals surface area contributed by atoms with Crippen molar-refractivity contribution < 1.29 is 0 Å². The third-order valence-corrected chi connectivity index (χ3v) is 8.23. The molecule has 4 nitrogen and oxygen atoms in total. The highest BCUT2D eigenvalue weighted by atomic mass is 15.2. The normalized spacial score (nSPS) is 14.2. The van der Waals surface area contributed by atoms with Gasteiger partial charge in [-0.05, 0) is 59.2 Å². The van der Waals surface area contributed by atoms with Crippen molar-refractivity contribution in [1.29, 1.82) is 5.41 Å². The molecule has 200 valence electrons. The van der Waals surface area contributed by atoms with E-state index in [2.05, 4.69) is 118 Å². The van der Waals surface area contributed by atoms with Crippen molar-refractivity contribution in [3.63, 3.8) is 0 Å². The summed E-state index contributed by atoms with van der Waals surface area (Å²) in [6.45, 7) is 0. The average molecular weight is 541 g/mol. The van der Waals surface area contributed by atoms with Crippen LogP contribution in [0.5, 0.6) is 0 Å². The number of hydrogen-bond acceptors (Lipinski definition) is 3. The number of nitrogens with zero attached hydrogens (tertiary/aromatic N) is 1. The van der Waals surface area contributed by atoms with E-state index >= 15 is 0 Å². The number of rotatable bonds is 5. The summed E-state index contributed by atoms with van der Waals surface area (Å²) < 4.78 is 2.35. The Morgan fingerprint density at radius 1 is 0.548 bits per heavy atom. The molecule has 0 amide bonds. The fourth-order valence-corrected chi connectivity index (χ4v) is 6.20. The molecule has 0 aliphatic carbocycles. The molecule has 42 heavy (non-hydrogen) atoms. The molecule has 0 radical (unpaired) electrons. The van der Waals surface area contributed by atoms with Gasteiger partial charge in [0.25, 0.3) is 0 Å². The standard InChI is InChI=1S/C38H28N4/c39-36-32-16-9-15-30(37(32)41-38(36)40-28-10-3-1-4-11-28)26-20-18-25(19-21-26)27-22-23-35-33(24-27)31-14-7-8-17-34(31)42(35)29-12-5-2-6-13-29/h1-24,38-41H. The van der Waals surface area contributed by atoms with Gasteiger partial charge in [0.1, 0.15) is 6.17 Å². The van der Waals surface area contributed by atoms with E-state index < -0.39 is 0 Å². The van der Waals surface area contributed by atoms with Crippen LogP contribution in [0.15, 0.2) is 146 Å². The summed E-state index contributed by atoms with van der Waals surface area (Å²) in [5, 5.41) is 18.3. The van der Waals surface area contributed by atoms with Crippen LogP contribution in [0.1, 0.15) is 5.56 Å². The lowest BCUT2D eigenvalue weighted by Gasteiger charge is -2.16. The van der Waals surface area contributed by atoms with E-state index in [-0.39, 0.29) is 6.17 Å². The van der Waals surface area contributed by atoms with Gasteiger partial charge in [-0.2, -0.15) is 0 Å². The lowest BCUT2D eigenvalue weighted by Crippen LogP contribution is -2.31. The van der Waals surface area contributed by atoms with Crippen LogP contribution in [0, 0.1) is 5.41 Å². The topological polar surface area (TPSA) is 52.8 Å². The molecule has 1 aliphatic rings. The SMILES string of the molecule is N=C1c2cccc(-c3ccc(-c4ccc5c(c4)c4ccccc4n5-c4ccccc4)cc3)c2NC1Nc1ccccc1. The zero-order valence-electron chi connectivity index (χ0n) is 22.9. The number of fused-ring (bicyclic) bond motifs is 4. The first-order valence-electron chi connectivity index (χ1n) is 14.2. The van der Waals surface area contributed by atoms with Gasteiger partial charge in [0.15, 0.2) is 0 Å². The van der Waals surface area contributed by atoms with E-state index in [9.17, 15) is 0 Å². The minimum Gasteiger partial charge on any atom is -0.360 e. The maximum atomic E-state index is 8.80. The lowest BCUT2D eigenvalue weighted by molar-refractivity contribution is 1.08. The molecule has 1 aliphatic heterocycles. The van der Waals surface area contributed by atoms with Gasteiger partial charge in [-0.3, -0.25) is 0 Å². The quantitative estimate of drug-likeness (QED) is 0.204. The van der Waals surface area contributed by atoms with Gasteiger partial charge in [-0.1, -0.05) is 103 Å². The van der Waals surface area contributed by atoms with Gasteiger partial charge in [-0.15, -0.1) is 0 Å². The van der Waals surface area contributed by atoms with Gasteiger partial charge >= 0.3 is 0 Å². The molecule has 0 saturated carbocycles. The Hall–Kier alpha value is -5.61. The maximum absolute atomic E-state index is 8.80. The predicted octanol–water partition coefficient (Wildman–Crippen LogP) is 9.35. The molecule has 1 atom stereocenters. The highest BCUT2D eigenvalue weighted by Gasteiger charge is 2.28. The number of benzene rings is 6. The Labute approximate surface area is 244 Å². The summed E-state index contributed by atoms with van der Waals surface area (Å²) in [6.07, 6.45) is -0.271. The van der Waals surface area contributed by atoms with Gasteiger partial charge in [0.2, 0.25) is 0 Å². The van der Waals surface area contributed by atoms with Gasteiger partial charge < -0.3 is 20.6 Å². The van der Waals surface area contributed by atoms with Crippen LogP contribution in [0.25, 0.3) is 49.7 Å². The molecule has 0 fully saturated rings. The third kappa shape index (κ3) is 3.96. The molecule has 2 heterocycles. The Bertz CT molecular complexity index is 2090. The number of aromatic nitrogens is 1. The first-order chi connectivity index (χ1) is 20.7. The maximum Gasteiger partial charge on any atom is 0.140 e. The van der Waals surface area contributed by atoms with Crippen LogP contribution < -0.4 is 10.6 Å². The average Bonchev–Trinajstić information content (AvgIpc) is 3.56. The summed E-state index contributed by atoms with van der Waals surface area (Å²) in [5.74, 6) is 0. The zero-order chi connectivity index (χ0) is 28.0. The van der Waals surface area contributed by atoms with Crippen molar-refractivity contribution >= 4 is 38.9 Å². The molecule has 0 spiro atoms. The Kier molecular flexibility index (Phi) is 5.64. The van der Waals surface area contributed by atoms with E-state index in [1.54, 1.807) is 0 Å². The second-order valence-electron chi connectivity index (χ2n) is 10.7. The highest BCUT2D eigenvalue weighted by molar-refractivity contribution is 6.15. The molecule has 1 aromatic heterocycles. The van der Waals surface area contributed by atoms with Crippen LogP contribution >= 0.6 is 0 Å². The number of para-hydroxylation sites is 4. The fraction of sp³-hybridized carbons (Fsp3) is 0.0263. The van der Waals surface area contributed by atoms with E-state index in [4.69, 9.17) is 5.41 Å². The summed E-state index contributed by atoms with van der Waals surface area (Å²) in [5.41, 5.74) is 11.6. The molecular formula is C38H28N4. The second-order valence-corrected chi connectivity index (χ2v) is 10.7. The van der Waals surface area contributed by atoms with E-state index in [0.717, 1.165) is 28.1 Å². The Morgan fingerprint density at radius 2 is 1.19 bits per heavy atom. The monoisotopic (exact) mass is 540 g/mol. The van der Waals surface area contributed by atoms with E-state index in [1.165, 1.54) is 38.6 Å². The molecular weight excluding hydrogens is 512 g/mol. The predicted molar refractivity (Wildman–Crippen MR) is 176 cm³/mol. The molecule has 8 rings (SSSR count). The van der Waals surface area contributed by atoms with Crippen LogP contribution in [-0.4, -0.2) is 16.4 Å². The van der Waals surface area contributed by atoms with Crippen molar-refractivity contribution in [2.24, 2.45) is 0 Å². The highest BCUT2D eigenvalue weighted by Crippen LogP contribution is 2.38. The lowest BCUT2D eigenvalue weighted by atomic mass is 9.97. The van der Waals surface area contributed by atoms with Gasteiger partial charge in [0.05, 0.1) is 22.4 Å². The molecule has 6 aromatic carbocycles. The minimum atomic E-state index is -0.271. The Morgan fingerprint density at radius 3 is 2.00 bits per heavy atom. The molecule has 1 unspecified atom stereocenters. The summed E-state index contributed by atoms with van der Waals surface area (Å²) >= 11 is 0. The fourth-order valence-electron chi connectivity index (χ4n) is 6.20. The van der Waals surface area contributed by atoms with Crippen LogP contribution in [0.4, 0.5) is 11.4 Å². The molecule has 7 aromatic rings. The van der Waals surface area contributed by atoms with Crippen molar-refractivity contribution in [3.8, 4) is 27.9 Å². The minimum absolute atomic E-state index is 0.271. The van der Waals surface area contributed by atoms with Gasteiger partial charge in [-0.25, -0.2) is 0 Å². The number of anilines is 2. The largest absolute Gasteiger partial charge is 0.360 e. The number of nitrogens with one attached hydrogen (secondary N) is 3. The van der Waals surface area contributed by atoms with Crippen LogP contribution in [-0.2, 0) is 0 Å². The van der Waals surface area contributed by atoms with E-state index in [1.807, 2.05) is 42.5 Å². The molecule has 0 bridgehead atoms. The van der Waals surface area contributed by atoms with E-state index in [0.29, 0.717) is 5.71 Å². The summed E-state index contributed by atoms with van der Waals surface area (Å²) in [4.78, 5) is 0. The summed E-state index contributed by atoms with van der Waals surface area (Å²) in [6, 6.07) is 51.0. The van der Waals surface area contributed by atoms with Crippen LogP contribution in [0.2, 0.25) is 0 Å².